The number of para-hydroxylation sites is 2. The normalized spacial score (nSPS) is 17.3. The number of benzene rings is 1. The van der Waals surface area contributed by atoms with E-state index < -0.39 is 0 Å². The van der Waals surface area contributed by atoms with Crippen LogP contribution in [0.1, 0.15) is 43.7 Å². The Hall–Kier alpha value is -1.90. The number of nitrogens with zero attached hydrogens (tertiary/aromatic N) is 3. The van der Waals surface area contributed by atoms with Gasteiger partial charge in [0.05, 0.1) is 34.8 Å². The molecular weight excluding hydrogens is 234 g/mol. The number of rotatable bonds is 1. The van der Waals surface area contributed by atoms with Gasteiger partial charge in [-0.1, -0.05) is 31.4 Å². The number of imidazole rings is 1. The van der Waals surface area contributed by atoms with Gasteiger partial charge >= 0.3 is 0 Å². The second kappa shape index (κ2) is 4.34. The topological polar surface area (TPSA) is 30.2 Å². The highest BCUT2D eigenvalue weighted by Crippen LogP contribution is 2.34. The Morgan fingerprint density at radius 2 is 1.84 bits per heavy atom. The summed E-state index contributed by atoms with van der Waals surface area (Å²) in [6.07, 6.45) is 10.5. The summed E-state index contributed by atoms with van der Waals surface area (Å²) >= 11 is 0. The lowest BCUT2D eigenvalue weighted by Crippen LogP contribution is -2.08. The molecule has 1 aromatic carbocycles. The van der Waals surface area contributed by atoms with E-state index >= 15 is 0 Å². The molecule has 0 bridgehead atoms. The lowest BCUT2D eigenvalue weighted by Gasteiger charge is -2.22. The van der Waals surface area contributed by atoms with Crippen molar-refractivity contribution in [3.8, 4) is 0 Å². The summed E-state index contributed by atoms with van der Waals surface area (Å²) < 4.78 is 2.19. The molecule has 4 rings (SSSR count). The number of fused-ring (bicyclic) bond motifs is 3. The zero-order valence-electron chi connectivity index (χ0n) is 10.9. The lowest BCUT2D eigenvalue weighted by molar-refractivity contribution is 0.439. The predicted molar refractivity (Wildman–Crippen MR) is 76.3 cm³/mol. The van der Waals surface area contributed by atoms with Crippen molar-refractivity contribution in [2.75, 3.05) is 0 Å². The van der Waals surface area contributed by atoms with Gasteiger partial charge in [0.15, 0.2) is 0 Å². The van der Waals surface area contributed by atoms with Gasteiger partial charge in [0.2, 0.25) is 0 Å². The Bertz CT molecular complexity index is 723. The molecule has 3 aromatic rings. The Morgan fingerprint density at radius 3 is 2.74 bits per heavy atom. The second-order valence-corrected chi connectivity index (χ2v) is 5.47. The van der Waals surface area contributed by atoms with Crippen LogP contribution in [0.2, 0.25) is 0 Å². The van der Waals surface area contributed by atoms with E-state index in [0.29, 0.717) is 5.92 Å². The van der Waals surface area contributed by atoms with Gasteiger partial charge in [0.1, 0.15) is 0 Å². The minimum absolute atomic E-state index is 0.609. The summed E-state index contributed by atoms with van der Waals surface area (Å²) in [7, 11) is 0. The van der Waals surface area contributed by atoms with Gasteiger partial charge in [-0.2, -0.15) is 0 Å². The van der Waals surface area contributed by atoms with E-state index in [-0.39, 0.29) is 0 Å². The third kappa shape index (κ3) is 1.72. The molecule has 3 heteroatoms. The third-order valence-electron chi connectivity index (χ3n) is 4.27. The van der Waals surface area contributed by atoms with Crippen LogP contribution in [0, 0.1) is 0 Å². The molecule has 0 radical (unpaired) electrons. The molecule has 0 amide bonds. The number of hydrogen-bond acceptors (Lipinski definition) is 2. The zero-order chi connectivity index (χ0) is 12.7. The van der Waals surface area contributed by atoms with E-state index in [4.69, 9.17) is 4.98 Å². The molecule has 0 atom stereocenters. The van der Waals surface area contributed by atoms with Crippen LogP contribution in [0.4, 0.5) is 0 Å². The molecule has 1 saturated carbocycles. The van der Waals surface area contributed by atoms with E-state index in [9.17, 15) is 0 Å². The number of aromatic nitrogens is 3. The Kier molecular flexibility index (Phi) is 2.50. The minimum atomic E-state index is 0.609. The number of hydrogen-bond donors (Lipinski definition) is 0. The summed E-state index contributed by atoms with van der Waals surface area (Å²) in [5.41, 5.74) is 4.66. The van der Waals surface area contributed by atoms with Gasteiger partial charge in [-0.25, -0.2) is 9.97 Å². The monoisotopic (exact) mass is 251 g/mol. The Labute approximate surface area is 112 Å². The largest absolute Gasteiger partial charge is 0.295 e. The maximum Gasteiger partial charge on any atom is 0.0998 e. The van der Waals surface area contributed by atoms with Crippen LogP contribution in [0.5, 0.6) is 0 Å². The van der Waals surface area contributed by atoms with Crippen molar-refractivity contribution in [1.82, 2.24) is 14.4 Å². The molecule has 0 aliphatic heterocycles. The summed E-state index contributed by atoms with van der Waals surface area (Å²) in [6, 6.07) is 8.33. The Morgan fingerprint density at radius 1 is 1.00 bits per heavy atom. The van der Waals surface area contributed by atoms with Crippen molar-refractivity contribution in [1.29, 1.82) is 0 Å². The molecule has 0 saturated heterocycles. The molecule has 2 aromatic heterocycles. The van der Waals surface area contributed by atoms with Gasteiger partial charge in [-0.3, -0.25) is 4.40 Å². The van der Waals surface area contributed by atoms with Crippen LogP contribution in [0.15, 0.2) is 36.8 Å². The fourth-order valence-electron chi connectivity index (χ4n) is 3.30. The second-order valence-electron chi connectivity index (χ2n) is 5.47. The lowest BCUT2D eigenvalue weighted by atomic mass is 9.86. The molecular formula is C16H17N3. The first-order valence-electron chi connectivity index (χ1n) is 7.14. The van der Waals surface area contributed by atoms with Crippen LogP contribution in [0.25, 0.3) is 16.6 Å². The average molecular weight is 251 g/mol. The van der Waals surface area contributed by atoms with E-state index in [2.05, 4.69) is 33.7 Å². The van der Waals surface area contributed by atoms with Crippen molar-refractivity contribution in [3.05, 3.63) is 42.5 Å². The van der Waals surface area contributed by atoms with Crippen molar-refractivity contribution >= 4 is 16.6 Å². The summed E-state index contributed by atoms with van der Waals surface area (Å²) in [6.45, 7) is 0. The first kappa shape index (κ1) is 11.0. The highest BCUT2D eigenvalue weighted by molar-refractivity contribution is 5.79. The van der Waals surface area contributed by atoms with Crippen LogP contribution in [-0.2, 0) is 0 Å². The molecule has 0 unspecified atom stereocenters. The standard InChI is InChI=1S/C16H17N3/c1-2-6-12(7-3-1)16-15-10-17-11-19(15)14-9-5-4-8-13(14)18-16/h4-5,8-12H,1-3,6-7H2. The zero-order valence-corrected chi connectivity index (χ0v) is 10.9. The molecule has 96 valence electrons. The van der Waals surface area contributed by atoms with Crippen molar-refractivity contribution in [2.45, 2.75) is 38.0 Å². The summed E-state index contributed by atoms with van der Waals surface area (Å²) in [5, 5.41) is 0. The smallest absolute Gasteiger partial charge is 0.0998 e. The minimum Gasteiger partial charge on any atom is -0.295 e. The van der Waals surface area contributed by atoms with Gasteiger partial charge in [-0.15, -0.1) is 0 Å². The maximum atomic E-state index is 4.94. The SMILES string of the molecule is c1ccc2c(c1)nc(C1CCCCC1)c1cncn12. The average Bonchev–Trinajstić information content (AvgIpc) is 2.97. The van der Waals surface area contributed by atoms with E-state index in [1.807, 2.05) is 12.5 Å². The highest BCUT2D eigenvalue weighted by atomic mass is 15.0. The first-order valence-corrected chi connectivity index (χ1v) is 7.14. The van der Waals surface area contributed by atoms with Crippen molar-refractivity contribution in [2.24, 2.45) is 0 Å². The third-order valence-corrected chi connectivity index (χ3v) is 4.27. The van der Waals surface area contributed by atoms with Gasteiger partial charge < -0.3 is 0 Å². The van der Waals surface area contributed by atoms with Gasteiger partial charge in [0.25, 0.3) is 0 Å². The highest BCUT2D eigenvalue weighted by Gasteiger charge is 2.20. The molecule has 2 heterocycles. The van der Waals surface area contributed by atoms with Gasteiger partial charge in [0, 0.05) is 5.92 Å². The molecule has 19 heavy (non-hydrogen) atoms. The summed E-state index contributed by atoms with van der Waals surface area (Å²) in [4.78, 5) is 9.27. The van der Waals surface area contributed by atoms with E-state index in [1.54, 1.807) is 0 Å². The van der Waals surface area contributed by atoms with Crippen LogP contribution in [0.3, 0.4) is 0 Å². The molecule has 0 N–H and O–H groups in total. The van der Waals surface area contributed by atoms with Crippen LogP contribution in [-0.4, -0.2) is 14.4 Å². The van der Waals surface area contributed by atoms with Gasteiger partial charge in [-0.05, 0) is 25.0 Å². The quantitative estimate of drug-likeness (QED) is 0.656. The fraction of sp³-hybridized carbons (Fsp3) is 0.375. The Balaban J connectivity index is 1.99. The fourth-order valence-corrected chi connectivity index (χ4v) is 3.30. The van der Waals surface area contributed by atoms with Crippen LogP contribution >= 0.6 is 0 Å². The predicted octanol–water partition coefficient (Wildman–Crippen LogP) is 3.93. The molecule has 0 spiro atoms. The first-order chi connectivity index (χ1) is 9.43. The molecule has 1 fully saturated rings. The molecule has 1 aliphatic rings. The van der Waals surface area contributed by atoms with Crippen LogP contribution < -0.4 is 0 Å². The molecule has 1 aliphatic carbocycles. The van der Waals surface area contributed by atoms with E-state index in [1.165, 1.54) is 43.3 Å². The molecule has 3 nitrogen and oxygen atoms in total. The van der Waals surface area contributed by atoms with Crippen molar-refractivity contribution in [3.63, 3.8) is 0 Å². The van der Waals surface area contributed by atoms with E-state index in [0.717, 1.165) is 11.0 Å². The maximum absolute atomic E-state index is 4.94. The summed E-state index contributed by atoms with van der Waals surface area (Å²) in [5.74, 6) is 0.609. The van der Waals surface area contributed by atoms with Crippen molar-refractivity contribution < 1.29 is 0 Å².